The highest BCUT2D eigenvalue weighted by molar-refractivity contribution is 6.33. The Morgan fingerprint density at radius 3 is 2.78 bits per heavy atom. The first-order chi connectivity index (χ1) is 8.57. The van der Waals surface area contributed by atoms with Crippen LogP contribution in [-0.4, -0.2) is 30.5 Å². The van der Waals surface area contributed by atoms with Crippen LogP contribution >= 0.6 is 11.6 Å². The van der Waals surface area contributed by atoms with Gasteiger partial charge in [-0.05, 0) is 18.7 Å². The molecule has 2 N–H and O–H groups in total. The van der Waals surface area contributed by atoms with Crippen LogP contribution in [0.15, 0.2) is 18.2 Å². The zero-order valence-electron chi connectivity index (χ0n) is 9.90. The SMILES string of the molecule is CCNCCNC(=O)c1cccc(Cl)c1[N+](=O)[O-]. The second kappa shape index (κ2) is 6.93. The molecule has 0 spiro atoms. The van der Waals surface area contributed by atoms with E-state index >= 15 is 0 Å². The second-order valence-corrected chi connectivity index (χ2v) is 3.91. The lowest BCUT2D eigenvalue weighted by atomic mass is 10.1. The van der Waals surface area contributed by atoms with Crippen LogP contribution in [0.4, 0.5) is 5.69 Å². The Balaban J connectivity index is 2.79. The lowest BCUT2D eigenvalue weighted by molar-refractivity contribution is -0.385. The molecule has 0 aliphatic heterocycles. The Kier molecular flexibility index (Phi) is 5.54. The van der Waals surface area contributed by atoms with Gasteiger partial charge in [0, 0.05) is 13.1 Å². The number of carbonyl (C=O) groups excluding carboxylic acids is 1. The van der Waals surface area contributed by atoms with Crippen LogP contribution in [-0.2, 0) is 0 Å². The number of nitro benzene ring substituents is 1. The van der Waals surface area contributed by atoms with E-state index in [1.54, 1.807) is 0 Å². The number of amides is 1. The fourth-order valence-corrected chi connectivity index (χ4v) is 1.66. The zero-order valence-corrected chi connectivity index (χ0v) is 10.7. The molecular formula is C11H14ClN3O3. The minimum Gasteiger partial charge on any atom is -0.351 e. The van der Waals surface area contributed by atoms with E-state index in [9.17, 15) is 14.9 Å². The van der Waals surface area contributed by atoms with Crippen LogP contribution in [0.3, 0.4) is 0 Å². The Bertz CT molecular complexity index is 451. The van der Waals surface area contributed by atoms with E-state index in [0.29, 0.717) is 13.1 Å². The molecule has 98 valence electrons. The van der Waals surface area contributed by atoms with Crippen molar-refractivity contribution in [3.05, 3.63) is 38.9 Å². The predicted molar refractivity (Wildman–Crippen MR) is 69.0 cm³/mol. The number of nitro groups is 1. The molecular weight excluding hydrogens is 258 g/mol. The summed E-state index contributed by atoms with van der Waals surface area (Å²) in [6.07, 6.45) is 0. The van der Waals surface area contributed by atoms with Crippen LogP contribution in [0.5, 0.6) is 0 Å². The molecule has 1 aromatic rings. The number of para-hydroxylation sites is 1. The molecule has 0 atom stereocenters. The molecule has 0 radical (unpaired) electrons. The first kappa shape index (κ1) is 14.4. The minimum atomic E-state index is -0.651. The molecule has 1 amide bonds. The highest BCUT2D eigenvalue weighted by Gasteiger charge is 2.22. The van der Waals surface area contributed by atoms with Crippen molar-refractivity contribution in [2.45, 2.75) is 6.92 Å². The molecule has 1 rings (SSSR count). The van der Waals surface area contributed by atoms with Crippen molar-refractivity contribution in [1.29, 1.82) is 0 Å². The van der Waals surface area contributed by atoms with Gasteiger partial charge in [-0.1, -0.05) is 24.6 Å². The maximum atomic E-state index is 11.8. The smallest absolute Gasteiger partial charge is 0.300 e. The summed E-state index contributed by atoms with van der Waals surface area (Å²) in [6, 6.07) is 4.27. The van der Waals surface area contributed by atoms with Gasteiger partial charge in [-0.2, -0.15) is 0 Å². The molecule has 0 saturated carbocycles. The fourth-order valence-electron chi connectivity index (χ4n) is 1.42. The van der Waals surface area contributed by atoms with Gasteiger partial charge in [0.15, 0.2) is 0 Å². The molecule has 0 aliphatic carbocycles. The van der Waals surface area contributed by atoms with Crippen molar-refractivity contribution in [2.24, 2.45) is 0 Å². The number of benzene rings is 1. The maximum Gasteiger partial charge on any atom is 0.300 e. The summed E-state index contributed by atoms with van der Waals surface area (Å²) in [6.45, 7) is 3.75. The number of rotatable bonds is 6. The third-order valence-corrected chi connectivity index (χ3v) is 2.56. The van der Waals surface area contributed by atoms with E-state index in [4.69, 9.17) is 11.6 Å². The van der Waals surface area contributed by atoms with Gasteiger partial charge in [-0.3, -0.25) is 14.9 Å². The monoisotopic (exact) mass is 271 g/mol. The van der Waals surface area contributed by atoms with Gasteiger partial charge in [-0.25, -0.2) is 0 Å². The molecule has 0 unspecified atom stereocenters. The number of nitrogens with one attached hydrogen (secondary N) is 2. The molecule has 0 saturated heterocycles. The topological polar surface area (TPSA) is 84.3 Å². The summed E-state index contributed by atoms with van der Waals surface area (Å²) >= 11 is 5.72. The van der Waals surface area contributed by atoms with E-state index in [2.05, 4.69) is 10.6 Å². The van der Waals surface area contributed by atoms with Gasteiger partial charge in [0.05, 0.1) is 4.92 Å². The van der Waals surface area contributed by atoms with Gasteiger partial charge in [0.25, 0.3) is 5.91 Å². The summed E-state index contributed by atoms with van der Waals surface area (Å²) in [4.78, 5) is 22.0. The van der Waals surface area contributed by atoms with Crippen LogP contribution in [0.1, 0.15) is 17.3 Å². The average molecular weight is 272 g/mol. The highest BCUT2D eigenvalue weighted by atomic mass is 35.5. The van der Waals surface area contributed by atoms with Crippen molar-refractivity contribution in [1.82, 2.24) is 10.6 Å². The Labute approximate surface area is 109 Å². The molecule has 18 heavy (non-hydrogen) atoms. The summed E-state index contributed by atoms with van der Waals surface area (Å²) in [5, 5.41) is 16.4. The van der Waals surface area contributed by atoms with E-state index in [0.717, 1.165) is 6.54 Å². The largest absolute Gasteiger partial charge is 0.351 e. The van der Waals surface area contributed by atoms with E-state index in [1.807, 2.05) is 6.92 Å². The summed E-state index contributed by atoms with van der Waals surface area (Å²) in [5.74, 6) is -0.498. The van der Waals surface area contributed by atoms with Crippen LogP contribution in [0, 0.1) is 10.1 Å². The lowest BCUT2D eigenvalue weighted by Crippen LogP contribution is -2.32. The van der Waals surface area contributed by atoms with Crippen molar-refractivity contribution in [2.75, 3.05) is 19.6 Å². The molecule has 0 aliphatic rings. The van der Waals surface area contributed by atoms with Gasteiger partial charge in [-0.15, -0.1) is 0 Å². The minimum absolute atomic E-state index is 0.0241. The number of nitrogens with zero attached hydrogens (tertiary/aromatic N) is 1. The molecule has 7 heteroatoms. The Morgan fingerprint density at radius 1 is 1.44 bits per heavy atom. The molecule has 0 aromatic heterocycles. The number of carbonyl (C=O) groups is 1. The number of hydrogen-bond donors (Lipinski definition) is 2. The third kappa shape index (κ3) is 3.68. The number of halogens is 1. The first-order valence-electron chi connectivity index (χ1n) is 5.49. The van der Waals surface area contributed by atoms with Gasteiger partial charge >= 0.3 is 5.69 Å². The van der Waals surface area contributed by atoms with E-state index < -0.39 is 10.8 Å². The van der Waals surface area contributed by atoms with Gasteiger partial charge < -0.3 is 10.6 Å². The molecule has 0 fully saturated rings. The Morgan fingerprint density at radius 2 is 2.17 bits per heavy atom. The molecule has 0 heterocycles. The predicted octanol–water partition coefficient (Wildman–Crippen LogP) is 1.59. The van der Waals surface area contributed by atoms with Crippen molar-refractivity contribution in [3.8, 4) is 0 Å². The first-order valence-corrected chi connectivity index (χ1v) is 5.87. The highest BCUT2D eigenvalue weighted by Crippen LogP contribution is 2.27. The summed E-state index contributed by atoms with van der Waals surface area (Å²) in [5.41, 5.74) is -0.385. The van der Waals surface area contributed by atoms with Crippen molar-refractivity contribution in [3.63, 3.8) is 0 Å². The van der Waals surface area contributed by atoms with Gasteiger partial charge in [0.2, 0.25) is 0 Å². The number of likely N-dealkylation sites (N-methyl/N-ethyl adjacent to an activating group) is 1. The quantitative estimate of drug-likeness (QED) is 0.467. The normalized spacial score (nSPS) is 10.1. The number of hydrogen-bond acceptors (Lipinski definition) is 4. The second-order valence-electron chi connectivity index (χ2n) is 3.50. The van der Waals surface area contributed by atoms with Gasteiger partial charge in [0.1, 0.15) is 10.6 Å². The van der Waals surface area contributed by atoms with Crippen LogP contribution in [0.2, 0.25) is 5.02 Å². The average Bonchev–Trinajstić information content (AvgIpc) is 2.33. The lowest BCUT2D eigenvalue weighted by Gasteiger charge is -2.06. The Hall–Kier alpha value is -1.66. The van der Waals surface area contributed by atoms with E-state index in [-0.39, 0.29) is 16.3 Å². The molecule has 0 bridgehead atoms. The third-order valence-electron chi connectivity index (χ3n) is 2.25. The molecule has 6 nitrogen and oxygen atoms in total. The van der Waals surface area contributed by atoms with Crippen molar-refractivity contribution < 1.29 is 9.72 Å². The summed E-state index contributed by atoms with van der Waals surface area (Å²) in [7, 11) is 0. The van der Waals surface area contributed by atoms with Crippen LogP contribution in [0.25, 0.3) is 0 Å². The maximum absolute atomic E-state index is 11.8. The summed E-state index contributed by atoms with van der Waals surface area (Å²) < 4.78 is 0. The zero-order chi connectivity index (χ0) is 13.5. The van der Waals surface area contributed by atoms with Crippen molar-refractivity contribution >= 4 is 23.2 Å². The fraction of sp³-hybridized carbons (Fsp3) is 0.364. The van der Waals surface area contributed by atoms with E-state index in [1.165, 1.54) is 18.2 Å². The van der Waals surface area contributed by atoms with Crippen LogP contribution < -0.4 is 10.6 Å². The molecule has 1 aromatic carbocycles. The standard InChI is InChI=1S/C11H14ClN3O3/c1-2-13-6-7-14-11(16)8-4-3-5-9(12)10(8)15(17)18/h3-5,13H,2,6-7H2,1H3,(H,14,16).